The van der Waals surface area contributed by atoms with E-state index in [0.29, 0.717) is 21.4 Å². The Kier molecular flexibility index (Phi) is 4.51. The van der Waals surface area contributed by atoms with E-state index in [2.05, 4.69) is 15.3 Å². The number of carbonyl (C=O) groups is 2. The van der Waals surface area contributed by atoms with Gasteiger partial charge in [0, 0.05) is 16.3 Å². The number of thiophene rings is 1. The highest BCUT2D eigenvalue weighted by Gasteiger charge is 2.18. The lowest BCUT2D eigenvalue weighted by atomic mass is 10.3. The van der Waals surface area contributed by atoms with E-state index in [1.54, 1.807) is 23.6 Å². The van der Waals surface area contributed by atoms with Crippen LogP contribution in [0.4, 0.5) is 5.13 Å². The average Bonchev–Trinajstić information content (AvgIpc) is 3.18. The normalized spacial score (nSPS) is 10.7. The Labute approximate surface area is 143 Å². The molecule has 23 heavy (non-hydrogen) atoms. The molecule has 0 aliphatic heterocycles. The van der Waals surface area contributed by atoms with Crippen molar-refractivity contribution in [1.82, 2.24) is 9.97 Å². The first-order valence-electron chi connectivity index (χ1n) is 6.50. The summed E-state index contributed by atoms with van der Waals surface area (Å²) < 4.78 is 0. The van der Waals surface area contributed by atoms with Gasteiger partial charge < -0.3 is 5.11 Å². The number of hydrogen-bond acceptors (Lipinski definition) is 7. The fraction of sp³-hybridized carbons (Fsp3) is 0.143. The summed E-state index contributed by atoms with van der Waals surface area (Å²) in [6.07, 6.45) is -0.158. The molecule has 118 valence electrons. The Morgan fingerprint density at radius 1 is 1.30 bits per heavy atom. The minimum absolute atomic E-state index is 0.158. The topological polar surface area (TPSA) is 92.2 Å². The zero-order valence-corrected chi connectivity index (χ0v) is 14.3. The highest BCUT2D eigenvalue weighted by atomic mass is 32.1. The van der Waals surface area contributed by atoms with Gasteiger partial charge in [-0.1, -0.05) is 0 Å². The van der Waals surface area contributed by atoms with E-state index in [4.69, 9.17) is 5.11 Å². The van der Waals surface area contributed by atoms with Gasteiger partial charge in [0.1, 0.15) is 9.88 Å². The quantitative estimate of drug-likeness (QED) is 0.722. The lowest BCUT2D eigenvalue weighted by molar-refractivity contribution is -0.136. The summed E-state index contributed by atoms with van der Waals surface area (Å²) in [6.45, 7) is 1.79. The van der Waals surface area contributed by atoms with Crippen LogP contribution in [0.5, 0.6) is 0 Å². The molecule has 0 aliphatic carbocycles. The molecule has 0 bridgehead atoms. The van der Waals surface area contributed by atoms with Crippen LogP contribution in [-0.2, 0) is 11.2 Å². The van der Waals surface area contributed by atoms with Crippen molar-refractivity contribution in [3.8, 4) is 10.6 Å². The lowest BCUT2D eigenvalue weighted by Crippen LogP contribution is -2.11. The Balaban J connectivity index is 1.76. The molecule has 0 fully saturated rings. The highest BCUT2D eigenvalue weighted by Crippen LogP contribution is 2.30. The van der Waals surface area contributed by atoms with E-state index < -0.39 is 5.97 Å². The second-order valence-corrected chi connectivity index (χ2v) is 7.25. The van der Waals surface area contributed by atoms with Gasteiger partial charge in [-0.3, -0.25) is 14.9 Å². The Morgan fingerprint density at radius 3 is 2.83 bits per heavy atom. The van der Waals surface area contributed by atoms with Crippen LogP contribution in [-0.4, -0.2) is 27.0 Å². The van der Waals surface area contributed by atoms with Gasteiger partial charge in [-0.05, 0) is 18.4 Å². The molecule has 0 atom stereocenters. The van der Waals surface area contributed by atoms with Crippen LogP contribution in [0.25, 0.3) is 10.6 Å². The van der Waals surface area contributed by atoms with Crippen LogP contribution >= 0.6 is 34.0 Å². The molecule has 3 aromatic heterocycles. The number of carbonyl (C=O) groups excluding carboxylic acids is 1. The molecule has 0 saturated carbocycles. The molecule has 0 saturated heterocycles. The molecular formula is C14H11N3O3S3. The second-order valence-electron chi connectivity index (χ2n) is 4.61. The van der Waals surface area contributed by atoms with Crippen molar-refractivity contribution in [3.63, 3.8) is 0 Å². The first-order chi connectivity index (χ1) is 11.0. The average molecular weight is 365 g/mol. The zero-order chi connectivity index (χ0) is 16.4. The summed E-state index contributed by atoms with van der Waals surface area (Å²) in [6, 6.07) is 1.96. The molecule has 2 N–H and O–H groups in total. The number of carboxylic acid groups (broad SMARTS) is 1. The first-order valence-corrected chi connectivity index (χ1v) is 9.14. The predicted molar refractivity (Wildman–Crippen MR) is 91.6 cm³/mol. The van der Waals surface area contributed by atoms with Gasteiger partial charge in [0.05, 0.1) is 17.8 Å². The summed E-state index contributed by atoms with van der Waals surface area (Å²) >= 11 is 4.11. The van der Waals surface area contributed by atoms with Crippen molar-refractivity contribution in [2.75, 3.05) is 5.32 Å². The number of nitrogens with one attached hydrogen (secondary N) is 1. The number of hydrogen-bond donors (Lipinski definition) is 2. The molecule has 0 radical (unpaired) electrons. The minimum atomic E-state index is -0.952. The highest BCUT2D eigenvalue weighted by molar-refractivity contribution is 7.18. The zero-order valence-electron chi connectivity index (χ0n) is 11.9. The van der Waals surface area contributed by atoms with Crippen LogP contribution in [0.3, 0.4) is 0 Å². The molecule has 1 amide bonds. The van der Waals surface area contributed by atoms with Gasteiger partial charge >= 0.3 is 5.97 Å². The molecule has 9 heteroatoms. The molecular weight excluding hydrogens is 354 g/mol. The van der Waals surface area contributed by atoms with Crippen molar-refractivity contribution in [1.29, 1.82) is 0 Å². The minimum Gasteiger partial charge on any atom is -0.481 e. The number of aryl methyl sites for hydroxylation is 1. The maximum Gasteiger partial charge on any atom is 0.309 e. The van der Waals surface area contributed by atoms with Crippen LogP contribution in [0.2, 0.25) is 0 Å². The second kappa shape index (κ2) is 6.57. The predicted octanol–water partition coefficient (Wildman–Crippen LogP) is 3.52. The number of aliphatic carboxylic acids is 1. The Hall–Kier alpha value is -2.10. The van der Waals surface area contributed by atoms with Crippen molar-refractivity contribution < 1.29 is 14.7 Å². The maximum atomic E-state index is 12.4. The van der Waals surface area contributed by atoms with Gasteiger partial charge in [-0.2, -0.15) is 11.3 Å². The van der Waals surface area contributed by atoms with Gasteiger partial charge in [0.15, 0.2) is 5.13 Å². The van der Waals surface area contributed by atoms with E-state index in [9.17, 15) is 9.59 Å². The van der Waals surface area contributed by atoms with Gasteiger partial charge in [-0.25, -0.2) is 9.97 Å². The van der Waals surface area contributed by atoms with Crippen molar-refractivity contribution in [3.05, 3.63) is 38.5 Å². The van der Waals surface area contributed by atoms with E-state index in [1.165, 1.54) is 22.7 Å². The molecule has 0 aliphatic rings. The summed E-state index contributed by atoms with van der Waals surface area (Å²) in [5.41, 5.74) is 2.09. The monoisotopic (exact) mass is 365 g/mol. The molecule has 0 aromatic carbocycles. The number of anilines is 1. The fourth-order valence-electron chi connectivity index (χ4n) is 1.87. The van der Waals surface area contributed by atoms with Crippen LogP contribution in [0.1, 0.15) is 21.1 Å². The fourth-order valence-corrected chi connectivity index (χ4v) is 4.25. The third-order valence-electron chi connectivity index (χ3n) is 2.88. The standard InChI is InChI=1S/C14H11N3O3S3/c1-7-11(23-13(15-7)8-2-3-21-5-8)12(20)17-14-16-9(6-22-14)4-10(18)19/h2-3,5-6H,4H2,1H3,(H,18,19)(H,16,17,20). The summed E-state index contributed by atoms with van der Waals surface area (Å²) in [7, 11) is 0. The molecule has 3 heterocycles. The van der Waals surface area contributed by atoms with Crippen LogP contribution in [0, 0.1) is 6.92 Å². The van der Waals surface area contributed by atoms with Crippen molar-refractivity contribution in [2.45, 2.75) is 13.3 Å². The van der Waals surface area contributed by atoms with Crippen molar-refractivity contribution in [2.24, 2.45) is 0 Å². The molecule has 3 aromatic rings. The van der Waals surface area contributed by atoms with E-state index >= 15 is 0 Å². The first kappa shape index (κ1) is 15.8. The lowest BCUT2D eigenvalue weighted by Gasteiger charge is -1.98. The number of amides is 1. The van der Waals surface area contributed by atoms with Gasteiger partial charge in [0.25, 0.3) is 5.91 Å². The van der Waals surface area contributed by atoms with E-state index in [1.807, 2.05) is 16.8 Å². The summed E-state index contributed by atoms with van der Waals surface area (Å²) in [5, 5.41) is 18.2. The molecule has 0 spiro atoms. The van der Waals surface area contributed by atoms with E-state index in [-0.39, 0.29) is 12.3 Å². The van der Waals surface area contributed by atoms with Gasteiger partial charge in [-0.15, -0.1) is 22.7 Å². The largest absolute Gasteiger partial charge is 0.481 e. The molecule has 0 unspecified atom stereocenters. The number of carboxylic acids is 1. The molecule has 3 rings (SSSR count). The van der Waals surface area contributed by atoms with Gasteiger partial charge in [0.2, 0.25) is 0 Å². The summed E-state index contributed by atoms with van der Waals surface area (Å²) in [5.74, 6) is -1.23. The maximum absolute atomic E-state index is 12.4. The van der Waals surface area contributed by atoms with Crippen LogP contribution in [0.15, 0.2) is 22.2 Å². The SMILES string of the molecule is Cc1nc(-c2ccsc2)sc1C(=O)Nc1nc(CC(=O)O)cs1. The molecule has 6 nitrogen and oxygen atoms in total. The van der Waals surface area contributed by atoms with E-state index in [0.717, 1.165) is 10.6 Å². The van der Waals surface area contributed by atoms with Crippen LogP contribution < -0.4 is 5.32 Å². The third-order valence-corrected chi connectivity index (χ3v) is 5.57. The summed E-state index contributed by atoms with van der Waals surface area (Å²) in [4.78, 5) is 32.1. The van der Waals surface area contributed by atoms with Crippen molar-refractivity contribution >= 4 is 51.0 Å². The number of thiazole rings is 2. The Morgan fingerprint density at radius 2 is 2.13 bits per heavy atom. The third kappa shape index (κ3) is 3.63. The number of aromatic nitrogens is 2. The Bertz CT molecular complexity index is 852. The number of nitrogens with zero attached hydrogens (tertiary/aromatic N) is 2. The smallest absolute Gasteiger partial charge is 0.309 e. The number of rotatable bonds is 5.